The first-order valence-corrected chi connectivity index (χ1v) is 10.7. The topological polar surface area (TPSA) is 94.6 Å². The maximum atomic E-state index is 12.2. The number of carbonyl (C=O) groups is 3. The summed E-state index contributed by atoms with van der Waals surface area (Å²) in [7, 11) is 1.27. The highest BCUT2D eigenvalue weighted by molar-refractivity contribution is 7.16. The summed E-state index contributed by atoms with van der Waals surface area (Å²) >= 11 is 8.41. The van der Waals surface area contributed by atoms with Gasteiger partial charge in [0.1, 0.15) is 10.0 Å². The van der Waals surface area contributed by atoms with E-state index in [2.05, 4.69) is 10.3 Å². The van der Waals surface area contributed by atoms with Crippen molar-refractivity contribution in [3.63, 3.8) is 0 Å². The Bertz CT molecular complexity index is 1110. The third-order valence-electron chi connectivity index (χ3n) is 4.17. The number of carbonyl (C=O) groups excluding carboxylic acids is 3. The fourth-order valence-corrected chi connectivity index (χ4v) is 4.51. The van der Waals surface area contributed by atoms with Crippen LogP contribution in [0.4, 0.5) is 5.00 Å². The molecule has 0 aliphatic carbocycles. The van der Waals surface area contributed by atoms with E-state index in [1.807, 2.05) is 6.92 Å². The van der Waals surface area contributed by atoms with Crippen molar-refractivity contribution in [2.75, 3.05) is 19.0 Å². The normalized spacial score (nSPS) is 10.5. The molecule has 3 aromatic rings. The number of methoxy groups -OCH3 is 1. The average Bonchev–Trinajstić information content (AvgIpc) is 3.32. The second-order valence-electron chi connectivity index (χ2n) is 6.15. The summed E-state index contributed by atoms with van der Waals surface area (Å²) in [4.78, 5) is 41.5. The van der Waals surface area contributed by atoms with Gasteiger partial charge in [0.25, 0.3) is 5.91 Å². The molecule has 0 atom stereocenters. The van der Waals surface area contributed by atoms with E-state index >= 15 is 0 Å². The van der Waals surface area contributed by atoms with Gasteiger partial charge in [-0.05, 0) is 31.5 Å². The fraction of sp³-hybridized carbons (Fsp3) is 0.200. The van der Waals surface area contributed by atoms with Crippen molar-refractivity contribution >= 4 is 57.1 Å². The van der Waals surface area contributed by atoms with Crippen LogP contribution in [0.2, 0.25) is 5.02 Å². The average molecular weight is 465 g/mol. The summed E-state index contributed by atoms with van der Waals surface area (Å²) in [6.07, 6.45) is 0. The molecule has 1 aromatic carbocycles. The quantitative estimate of drug-likeness (QED) is 0.530. The van der Waals surface area contributed by atoms with Crippen LogP contribution in [0.3, 0.4) is 0 Å². The first-order valence-electron chi connectivity index (χ1n) is 8.67. The van der Waals surface area contributed by atoms with Crippen LogP contribution in [0.25, 0.3) is 10.6 Å². The lowest BCUT2D eigenvalue weighted by atomic mass is 10.1. The van der Waals surface area contributed by atoms with Gasteiger partial charge in [-0.15, -0.1) is 22.7 Å². The minimum atomic E-state index is -0.714. The maximum Gasteiger partial charge on any atom is 0.358 e. The molecule has 0 aliphatic heterocycles. The van der Waals surface area contributed by atoms with E-state index in [1.165, 1.54) is 29.8 Å². The molecule has 0 radical (unpaired) electrons. The minimum absolute atomic E-state index is 0.107. The number of nitrogens with one attached hydrogen (secondary N) is 1. The largest absolute Gasteiger partial charge is 0.465 e. The molecule has 7 nitrogen and oxygen atoms in total. The monoisotopic (exact) mass is 464 g/mol. The molecule has 2 aromatic heterocycles. The molecule has 0 spiro atoms. The van der Waals surface area contributed by atoms with E-state index in [9.17, 15) is 14.4 Å². The van der Waals surface area contributed by atoms with E-state index in [4.69, 9.17) is 21.1 Å². The summed E-state index contributed by atoms with van der Waals surface area (Å²) in [6.45, 7) is 3.10. The number of benzene rings is 1. The number of thiazole rings is 1. The number of thiophene rings is 1. The molecule has 0 aliphatic rings. The van der Waals surface area contributed by atoms with Gasteiger partial charge in [0.15, 0.2) is 12.3 Å². The Morgan fingerprint density at radius 2 is 1.83 bits per heavy atom. The number of nitrogens with zero attached hydrogens (tertiary/aromatic N) is 1. The van der Waals surface area contributed by atoms with Crippen molar-refractivity contribution in [2.45, 2.75) is 13.8 Å². The standard InChI is InChI=1S/C20H17ClN2O5S2/c1-10-11(2)30-18(16(10)20(26)27-3)23-15(24)8-28-19(25)14-9-29-17(22-14)12-4-6-13(21)7-5-12/h4-7,9H,8H2,1-3H3,(H,23,24). The lowest BCUT2D eigenvalue weighted by molar-refractivity contribution is -0.119. The van der Waals surface area contributed by atoms with Crippen molar-refractivity contribution in [3.8, 4) is 10.6 Å². The van der Waals surface area contributed by atoms with Crippen molar-refractivity contribution < 1.29 is 23.9 Å². The molecule has 0 fully saturated rings. The predicted octanol–water partition coefficient (Wildman–Crippen LogP) is 4.72. The first-order chi connectivity index (χ1) is 14.3. The number of amides is 1. The molecule has 0 bridgehead atoms. The van der Waals surface area contributed by atoms with Crippen LogP contribution in [0.1, 0.15) is 31.3 Å². The van der Waals surface area contributed by atoms with Gasteiger partial charge >= 0.3 is 11.9 Å². The van der Waals surface area contributed by atoms with E-state index in [0.717, 1.165) is 16.0 Å². The number of aryl methyl sites for hydroxylation is 1. The number of anilines is 1. The summed E-state index contributed by atoms with van der Waals surface area (Å²) in [5.41, 5.74) is 1.96. The molecular formula is C20H17ClN2O5S2. The summed E-state index contributed by atoms with van der Waals surface area (Å²) in [5, 5.41) is 5.76. The lowest BCUT2D eigenvalue weighted by Crippen LogP contribution is -2.21. The highest BCUT2D eigenvalue weighted by Crippen LogP contribution is 2.33. The number of aromatic nitrogens is 1. The Hall–Kier alpha value is -2.75. The lowest BCUT2D eigenvalue weighted by Gasteiger charge is -2.06. The maximum absolute atomic E-state index is 12.2. The van der Waals surface area contributed by atoms with Gasteiger partial charge in [-0.3, -0.25) is 4.79 Å². The smallest absolute Gasteiger partial charge is 0.358 e. The molecule has 0 saturated heterocycles. The molecule has 30 heavy (non-hydrogen) atoms. The van der Waals surface area contributed by atoms with E-state index in [-0.39, 0.29) is 5.69 Å². The number of ether oxygens (including phenoxy) is 2. The van der Waals surface area contributed by atoms with E-state index < -0.39 is 24.5 Å². The molecule has 1 amide bonds. The van der Waals surface area contributed by atoms with Crippen LogP contribution in [0.15, 0.2) is 29.6 Å². The first kappa shape index (κ1) is 21.9. The highest BCUT2D eigenvalue weighted by Gasteiger charge is 2.22. The van der Waals surface area contributed by atoms with Gasteiger partial charge in [-0.1, -0.05) is 23.7 Å². The van der Waals surface area contributed by atoms with Crippen molar-refractivity contribution in [1.82, 2.24) is 4.98 Å². The van der Waals surface area contributed by atoms with E-state index in [1.54, 1.807) is 36.6 Å². The summed E-state index contributed by atoms with van der Waals surface area (Å²) in [6, 6.07) is 7.07. The minimum Gasteiger partial charge on any atom is -0.465 e. The Kier molecular flexibility index (Phi) is 6.86. The SMILES string of the molecule is COC(=O)c1c(NC(=O)COC(=O)c2csc(-c3ccc(Cl)cc3)n2)sc(C)c1C. The zero-order chi connectivity index (χ0) is 21.8. The van der Waals surface area contributed by atoms with Crippen LogP contribution in [0.5, 0.6) is 0 Å². The predicted molar refractivity (Wildman–Crippen MR) is 117 cm³/mol. The number of esters is 2. The van der Waals surface area contributed by atoms with E-state index in [0.29, 0.717) is 20.6 Å². The van der Waals surface area contributed by atoms with Gasteiger partial charge in [-0.25, -0.2) is 14.6 Å². The fourth-order valence-electron chi connectivity index (χ4n) is 2.52. The molecule has 1 N–H and O–H groups in total. The van der Waals surface area contributed by atoms with Gasteiger partial charge in [0, 0.05) is 20.8 Å². The molecule has 0 unspecified atom stereocenters. The molecular weight excluding hydrogens is 448 g/mol. The van der Waals surface area contributed by atoms with Crippen LogP contribution >= 0.6 is 34.3 Å². The molecule has 10 heteroatoms. The number of rotatable bonds is 6. The zero-order valence-electron chi connectivity index (χ0n) is 16.3. The third-order valence-corrected chi connectivity index (χ3v) is 6.43. The van der Waals surface area contributed by atoms with Gasteiger partial charge in [0.2, 0.25) is 0 Å². The molecule has 3 rings (SSSR count). The second kappa shape index (κ2) is 9.38. The number of hydrogen-bond donors (Lipinski definition) is 1. The number of hydrogen-bond acceptors (Lipinski definition) is 8. The van der Waals surface area contributed by atoms with Crippen molar-refractivity contribution in [2.24, 2.45) is 0 Å². The summed E-state index contributed by atoms with van der Waals surface area (Å²) in [5.74, 6) is -1.82. The van der Waals surface area contributed by atoms with Crippen LogP contribution in [-0.4, -0.2) is 36.5 Å². The van der Waals surface area contributed by atoms with Crippen molar-refractivity contribution in [3.05, 3.63) is 56.4 Å². The zero-order valence-corrected chi connectivity index (χ0v) is 18.7. The summed E-state index contributed by atoms with van der Waals surface area (Å²) < 4.78 is 9.83. The Morgan fingerprint density at radius 1 is 1.13 bits per heavy atom. The highest BCUT2D eigenvalue weighted by atomic mass is 35.5. The molecule has 0 saturated carbocycles. The number of halogens is 1. The van der Waals surface area contributed by atoms with Gasteiger partial charge in [-0.2, -0.15) is 0 Å². The third kappa shape index (κ3) is 4.86. The Labute approximate surface area is 185 Å². The van der Waals surface area contributed by atoms with Crippen molar-refractivity contribution in [1.29, 1.82) is 0 Å². The van der Waals surface area contributed by atoms with Gasteiger partial charge < -0.3 is 14.8 Å². The molecule has 2 heterocycles. The van der Waals surface area contributed by atoms with Crippen LogP contribution < -0.4 is 5.32 Å². The van der Waals surface area contributed by atoms with Crippen LogP contribution in [0, 0.1) is 13.8 Å². The van der Waals surface area contributed by atoms with Gasteiger partial charge in [0.05, 0.1) is 12.7 Å². The second-order valence-corrected chi connectivity index (χ2v) is 8.67. The Balaban J connectivity index is 1.62. The molecule has 156 valence electrons. The van der Waals surface area contributed by atoms with Crippen LogP contribution in [-0.2, 0) is 14.3 Å². The Morgan fingerprint density at radius 3 is 2.50 bits per heavy atom.